The molecule has 2 amide bonds. The van der Waals surface area contributed by atoms with Crippen LogP contribution in [0, 0.1) is 0 Å². The van der Waals surface area contributed by atoms with Gasteiger partial charge in [-0.3, -0.25) is 9.59 Å². The topological polar surface area (TPSA) is 90.5 Å². The van der Waals surface area contributed by atoms with Gasteiger partial charge in [0.1, 0.15) is 11.5 Å². The fourth-order valence-corrected chi connectivity index (χ4v) is 5.46. The smallest absolute Gasteiger partial charge is 0.365 e. The van der Waals surface area contributed by atoms with E-state index in [0.717, 1.165) is 36.4 Å². The van der Waals surface area contributed by atoms with Crippen LogP contribution in [0.1, 0.15) is 66.4 Å². The maximum Gasteiger partial charge on any atom is 0.417 e. The Labute approximate surface area is 212 Å². The third-order valence-electron chi connectivity index (χ3n) is 6.19. The van der Waals surface area contributed by atoms with Crippen LogP contribution in [0.4, 0.5) is 19.0 Å². The summed E-state index contributed by atoms with van der Waals surface area (Å²) in [4.78, 5) is 38.5. The lowest BCUT2D eigenvalue weighted by Crippen LogP contribution is -2.57. The Bertz CT molecular complexity index is 1150. The van der Waals surface area contributed by atoms with E-state index in [1.54, 1.807) is 4.90 Å². The van der Waals surface area contributed by atoms with Crippen LogP contribution in [0.25, 0.3) is 10.4 Å². The maximum absolute atomic E-state index is 14.2. The molecule has 0 aromatic carbocycles. The van der Waals surface area contributed by atoms with E-state index in [1.165, 1.54) is 0 Å². The Balaban J connectivity index is 1.79. The van der Waals surface area contributed by atoms with Gasteiger partial charge in [-0.2, -0.15) is 13.2 Å². The molecule has 2 N–H and O–H groups in total. The van der Waals surface area contributed by atoms with Crippen molar-refractivity contribution in [2.45, 2.75) is 64.3 Å². The third kappa shape index (κ3) is 5.64. The first-order valence-electron chi connectivity index (χ1n) is 11.9. The normalized spacial score (nSPS) is 19.3. The minimum Gasteiger partial charge on any atom is -0.365 e. The average Bonchev–Trinajstić information content (AvgIpc) is 3.37. The molecule has 2 aromatic rings. The number of carbonyl (C=O) groups excluding carboxylic acids is 2. The molecule has 12 heteroatoms. The highest BCUT2D eigenvalue weighted by Gasteiger charge is 2.38. The molecule has 0 unspecified atom stereocenters. The second-order valence-electron chi connectivity index (χ2n) is 10.6. The number of pyridine rings is 1. The van der Waals surface area contributed by atoms with Gasteiger partial charge in [-0.15, -0.1) is 11.3 Å². The van der Waals surface area contributed by atoms with Gasteiger partial charge in [0, 0.05) is 43.0 Å². The minimum atomic E-state index is -4.71. The van der Waals surface area contributed by atoms with E-state index < -0.39 is 29.1 Å². The largest absolute Gasteiger partial charge is 0.417 e. The van der Waals surface area contributed by atoms with Crippen molar-refractivity contribution in [3.05, 3.63) is 28.5 Å². The van der Waals surface area contributed by atoms with Crippen LogP contribution in [0.5, 0.6) is 0 Å². The van der Waals surface area contributed by atoms with Gasteiger partial charge in [-0.05, 0) is 53.7 Å². The Morgan fingerprint density at radius 2 is 1.89 bits per heavy atom. The number of halogens is 3. The molecule has 2 aliphatic heterocycles. The number of anilines is 1. The summed E-state index contributed by atoms with van der Waals surface area (Å²) in [6.45, 7) is 9.18. The number of alkyl halides is 3. The van der Waals surface area contributed by atoms with Gasteiger partial charge >= 0.3 is 6.18 Å². The first-order chi connectivity index (χ1) is 16.7. The summed E-state index contributed by atoms with van der Waals surface area (Å²) in [6, 6.07) is 0.813. The van der Waals surface area contributed by atoms with Crippen LogP contribution >= 0.6 is 11.3 Å². The van der Waals surface area contributed by atoms with Crippen LogP contribution in [-0.4, -0.2) is 75.9 Å². The highest BCUT2D eigenvalue weighted by Crippen LogP contribution is 2.42. The zero-order chi connectivity index (χ0) is 26.4. The van der Waals surface area contributed by atoms with Crippen LogP contribution in [0.3, 0.4) is 0 Å². The number of nitrogens with one attached hydrogen (secondary N) is 2. The zero-order valence-electron chi connectivity index (χ0n) is 21.0. The summed E-state index contributed by atoms with van der Waals surface area (Å²) in [5, 5.41) is 5.76. The van der Waals surface area contributed by atoms with Gasteiger partial charge in [-0.25, -0.2) is 9.97 Å². The second kappa shape index (κ2) is 9.62. The van der Waals surface area contributed by atoms with Crippen molar-refractivity contribution in [1.82, 2.24) is 25.1 Å². The van der Waals surface area contributed by atoms with E-state index in [4.69, 9.17) is 0 Å². The van der Waals surface area contributed by atoms with Gasteiger partial charge < -0.3 is 20.4 Å². The Morgan fingerprint density at radius 3 is 2.44 bits per heavy atom. The number of hydrogen-bond donors (Lipinski definition) is 2. The lowest BCUT2D eigenvalue weighted by molar-refractivity contribution is -0.137. The average molecular weight is 525 g/mol. The molecule has 8 nitrogen and oxygen atoms in total. The monoisotopic (exact) mass is 524 g/mol. The molecule has 0 radical (unpaired) electrons. The summed E-state index contributed by atoms with van der Waals surface area (Å²) in [5.74, 6) is -0.907. The highest BCUT2D eigenvalue weighted by molar-refractivity contribution is 7.17. The van der Waals surface area contributed by atoms with Gasteiger partial charge in [0.25, 0.3) is 11.8 Å². The number of thiazole rings is 1. The van der Waals surface area contributed by atoms with E-state index in [0.29, 0.717) is 19.6 Å². The first-order valence-corrected chi connectivity index (χ1v) is 12.7. The molecular formula is C24H31F3N6O2S. The van der Waals surface area contributed by atoms with E-state index in [2.05, 4.69) is 20.6 Å². The van der Waals surface area contributed by atoms with E-state index in [9.17, 15) is 22.8 Å². The number of likely N-dealkylation sites (N-methyl/N-ethyl adjacent to an activating group) is 1. The van der Waals surface area contributed by atoms with Crippen LogP contribution in [-0.2, 0) is 6.18 Å². The lowest BCUT2D eigenvalue weighted by Gasteiger charge is -2.36. The standard InChI is InChI=1S/C24H31F3N6O2S/c1-13-7-6-8-33(13)22(35)18-19(36-21(30-18)20(34)29-14-11-32(5)12-14)15-10-28-17(31-23(2,3)4)9-16(15)24(25,26)27/h9-10,13-14H,6-8,11-12H2,1-5H3,(H,28,31)(H,29,34)/t13-/m0/s1. The minimum absolute atomic E-state index is 0.00267. The molecule has 2 fully saturated rings. The van der Waals surface area contributed by atoms with E-state index in [-0.39, 0.29) is 39.0 Å². The van der Waals surface area contributed by atoms with Gasteiger partial charge in [0.05, 0.1) is 16.5 Å². The molecule has 36 heavy (non-hydrogen) atoms. The van der Waals surface area contributed by atoms with Gasteiger partial charge in [0.15, 0.2) is 5.01 Å². The second-order valence-corrected chi connectivity index (χ2v) is 11.6. The molecular weight excluding hydrogens is 493 g/mol. The van der Waals surface area contributed by atoms with Crippen molar-refractivity contribution >= 4 is 29.0 Å². The molecule has 4 rings (SSSR count). The van der Waals surface area contributed by atoms with Crippen molar-refractivity contribution in [2.24, 2.45) is 0 Å². The molecule has 2 saturated heterocycles. The molecule has 2 aromatic heterocycles. The van der Waals surface area contributed by atoms with Crippen molar-refractivity contribution in [3.8, 4) is 10.4 Å². The van der Waals surface area contributed by atoms with E-state index >= 15 is 0 Å². The third-order valence-corrected chi connectivity index (χ3v) is 7.28. The number of nitrogens with zero attached hydrogens (tertiary/aromatic N) is 4. The van der Waals surface area contributed by atoms with Crippen molar-refractivity contribution < 1.29 is 22.8 Å². The number of carbonyl (C=O) groups is 2. The molecule has 1 atom stereocenters. The lowest BCUT2D eigenvalue weighted by atomic mass is 10.1. The van der Waals surface area contributed by atoms with Gasteiger partial charge in [0.2, 0.25) is 0 Å². The molecule has 2 aliphatic rings. The summed E-state index contributed by atoms with van der Waals surface area (Å²) in [5.41, 5.74) is -1.86. The number of likely N-dealkylation sites (tertiary alicyclic amines) is 2. The van der Waals surface area contributed by atoms with Crippen LogP contribution < -0.4 is 10.6 Å². The molecule has 196 valence electrons. The van der Waals surface area contributed by atoms with E-state index in [1.807, 2.05) is 39.6 Å². The fraction of sp³-hybridized carbons (Fsp3) is 0.583. The molecule has 0 aliphatic carbocycles. The van der Waals surface area contributed by atoms with Crippen molar-refractivity contribution in [2.75, 3.05) is 32.0 Å². The molecule has 0 spiro atoms. The predicted octanol–water partition coefficient (Wildman–Crippen LogP) is 4.10. The Hall–Kier alpha value is -2.73. The molecule has 0 bridgehead atoms. The van der Waals surface area contributed by atoms with Gasteiger partial charge in [-0.1, -0.05) is 0 Å². The molecule has 4 heterocycles. The summed E-state index contributed by atoms with van der Waals surface area (Å²) in [7, 11) is 1.92. The SMILES string of the molecule is C[C@H]1CCCN1C(=O)c1nc(C(=O)NC2CN(C)C2)sc1-c1cnc(NC(C)(C)C)cc1C(F)(F)F. The summed E-state index contributed by atoms with van der Waals surface area (Å²) >= 11 is 0.791. The summed E-state index contributed by atoms with van der Waals surface area (Å²) < 4.78 is 42.7. The predicted molar refractivity (Wildman–Crippen MR) is 132 cm³/mol. The first kappa shape index (κ1) is 26.3. The summed E-state index contributed by atoms with van der Waals surface area (Å²) in [6.07, 6.45) is -2.00. The maximum atomic E-state index is 14.2. The van der Waals surface area contributed by atoms with Crippen LogP contribution in [0.15, 0.2) is 12.3 Å². The number of rotatable bonds is 5. The molecule has 0 saturated carbocycles. The van der Waals surface area contributed by atoms with Crippen molar-refractivity contribution in [3.63, 3.8) is 0 Å². The fourth-order valence-electron chi connectivity index (χ4n) is 4.48. The Kier molecular flexibility index (Phi) is 7.04. The quantitative estimate of drug-likeness (QED) is 0.612. The number of hydrogen-bond acceptors (Lipinski definition) is 7. The highest BCUT2D eigenvalue weighted by atomic mass is 32.1. The zero-order valence-corrected chi connectivity index (χ0v) is 21.8. The van der Waals surface area contributed by atoms with Crippen LogP contribution in [0.2, 0.25) is 0 Å². The number of aromatic nitrogens is 2. The number of amides is 2. The Morgan fingerprint density at radius 1 is 1.19 bits per heavy atom. The van der Waals surface area contributed by atoms with Crippen molar-refractivity contribution in [1.29, 1.82) is 0 Å².